The molecule has 0 atom stereocenters. The molecule has 0 fully saturated rings. The molecule has 10 heteroatoms. The SMILES string of the molecule is O=[N+]([O-])c1cc2c(c(Cn3nnc(-c4ccc(F)cc4)n3)c1)OCOC2. The molecule has 1 aliphatic rings. The van der Waals surface area contributed by atoms with Crippen molar-refractivity contribution in [3.8, 4) is 17.1 Å². The van der Waals surface area contributed by atoms with Crippen LogP contribution in [0.5, 0.6) is 5.75 Å². The Kier molecular flexibility index (Phi) is 4.01. The first-order chi connectivity index (χ1) is 12.6. The molecule has 0 saturated heterocycles. The zero-order valence-electron chi connectivity index (χ0n) is 13.3. The van der Waals surface area contributed by atoms with Crippen molar-refractivity contribution in [2.75, 3.05) is 6.79 Å². The average molecular weight is 357 g/mol. The second-order valence-electron chi connectivity index (χ2n) is 5.61. The highest BCUT2D eigenvalue weighted by molar-refractivity contribution is 5.53. The monoisotopic (exact) mass is 357 g/mol. The third kappa shape index (κ3) is 3.09. The Morgan fingerprint density at radius 2 is 2.08 bits per heavy atom. The Hall–Kier alpha value is -3.40. The summed E-state index contributed by atoms with van der Waals surface area (Å²) in [6.07, 6.45) is 0. The van der Waals surface area contributed by atoms with E-state index in [2.05, 4.69) is 15.4 Å². The van der Waals surface area contributed by atoms with Crippen LogP contribution < -0.4 is 4.74 Å². The van der Waals surface area contributed by atoms with Crippen LogP contribution in [0.2, 0.25) is 0 Å². The van der Waals surface area contributed by atoms with Gasteiger partial charge in [0.15, 0.2) is 6.79 Å². The van der Waals surface area contributed by atoms with E-state index in [1.807, 2.05) is 0 Å². The number of aromatic nitrogens is 4. The molecule has 132 valence electrons. The largest absolute Gasteiger partial charge is 0.467 e. The molecule has 26 heavy (non-hydrogen) atoms. The minimum Gasteiger partial charge on any atom is -0.467 e. The average Bonchev–Trinajstić information content (AvgIpc) is 3.10. The van der Waals surface area contributed by atoms with Crippen molar-refractivity contribution in [3.63, 3.8) is 0 Å². The predicted molar refractivity (Wildman–Crippen MR) is 85.7 cm³/mol. The summed E-state index contributed by atoms with van der Waals surface area (Å²) in [7, 11) is 0. The minimum atomic E-state index is -0.475. The number of rotatable bonds is 4. The highest BCUT2D eigenvalue weighted by atomic mass is 19.1. The second-order valence-corrected chi connectivity index (χ2v) is 5.61. The summed E-state index contributed by atoms with van der Waals surface area (Å²) in [6.45, 7) is 0.442. The number of tetrazole rings is 1. The van der Waals surface area contributed by atoms with Crippen LogP contribution in [0, 0.1) is 15.9 Å². The molecule has 9 nitrogen and oxygen atoms in total. The van der Waals surface area contributed by atoms with Gasteiger partial charge in [0, 0.05) is 28.8 Å². The molecule has 2 heterocycles. The van der Waals surface area contributed by atoms with E-state index in [1.165, 1.54) is 29.1 Å². The van der Waals surface area contributed by atoms with Crippen molar-refractivity contribution in [2.45, 2.75) is 13.2 Å². The normalized spacial score (nSPS) is 13.1. The molecule has 1 aliphatic heterocycles. The molecular weight excluding hydrogens is 345 g/mol. The molecule has 0 spiro atoms. The van der Waals surface area contributed by atoms with Gasteiger partial charge in [0.25, 0.3) is 5.69 Å². The summed E-state index contributed by atoms with van der Waals surface area (Å²) < 4.78 is 23.7. The predicted octanol–water partition coefficient (Wildman–Crippen LogP) is 2.30. The lowest BCUT2D eigenvalue weighted by Gasteiger charge is -2.20. The van der Waals surface area contributed by atoms with Crippen molar-refractivity contribution >= 4 is 5.69 Å². The van der Waals surface area contributed by atoms with Crippen LogP contribution in [0.25, 0.3) is 11.4 Å². The van der Waals surface area contributed by atoms with Gasteiger partial charge in [-0.3, -0.25) is 10.1 Å². The van der Waals surface area contributed by atoms with Crippen molar-refractivity contribution in [2.24, 2.45) is 0 Å². The highest BCUT2D eigenvalue weighted by Gasteiger charge is 2.21. The van der Waals surface area contributed by atoms with E-state index in [0.29, 0.717) is 28.3 Å². The van der Waals surface area contributed by atoms with Crippen molar-refractivity contribution in [3.05, 3.63) is 63.5 Å². The third-order valence-electron chi connectivity index (χ3n) is 3.85. The fraction of sp³-hybridized carbons (Fsp3) is 0.188. The van der Waals surface area contributed by atoms with Gasteiger partial charge in [-0.15, -0.1) is 10.2 Å². The molecule has 0 radical (unpaired) electrons. The Balaban J connectivity index is 1.66. The van der Waals surface area contributed by atoms with E-state index >= 15 is 0 Å². The lowest BCUT2D eigenvalue weighted by Crippen LogP contribution is -2.15. The number of nitrogens with zero attached hydrogens (tertiary/aromatic N) is 5. The summed E-state index contributed by atoms with van der Waals surface area (Å²) in [6, 6.07) is 8.56. The van der Waals surface area contributed by atoms with Gasteiger partial charge < -0.3 is 9.47 Å². The molecule has 0 bridgehead atoms. The summed E-state index contributed by atoms with van der Waals surface area (Å²) in [4.78, 5) is 12.0. The molecule has 3 aromatic rings. The summed E-state index contributed by atoms with van der Waals surface area (Å²) in [5.74, 6) is 0.500. The lowest BCUT2D eigenvalue weighted by molar-refractivity contribution is -0.385. The van der Waals surface area contributed by atoms with Crippen LogP contribution in [0.15, 0.2) is 36.4 Å². The summed E-state index contributed by atoms with van der Waals surface area (Å²) in [5, 5.41) is 23.3. The molecule has 0 aliphatic carbocycles. The van der Waals surface area contributed by atoms with E-state index in [9.17, 15) is 14.5 Å². The van der Waals surface area contributed by atoms with Crippen LogP contribution in [0.1, 0.15) is 11.1 Å². The van der Waals surface area contributed by atoms with Crippen molar-refractivity contribution in [1.29, 1.82) is 0 Å². The minimum absolute atomic E-state index is 0.0632. The maximum absolute atomic E-state index is 13.0. The lowest BCUT2D eigenvalue weighted by atomic mass is 10.1. The van der Waals surface area contributed by atoms with Gasteiger partial charge in [-0.25, -0.2) is 4.39 Å². The van der Waals surface area contributed by atoms with Crippen LogP contribution in [-0.2, 0) is 17.9 Å². The summed E-state index contributed by atoms with van der Waals surface area (Å²) in [5.41, 5.74) is 1.70. The van der Waals surface area contributed by atoms with Gasteiger partial charge in [-0.2, -0.15) is 4.80 Å². The Morgan fingerprint density at radius 1 is 1.27 bits per heavy atom. The number of hydrogen-bond donors (Lipinski definition) is 0. The van der Waals surface area contributed by atoms with Crippen LogP contribution in [0.3, 0.4) is 0 Å². The van der Waals surface area contributed by atoms with E-state index < -0.39 is 4.92 Å². The molecule has 2 aromatic carbocycles. The highest BCUT2D eigenvalue weighted by Crippen LogP contribution is 2.33. The van der Waals surface area contributed by atoms with Crippen molar-refractivity contribution in [1.82, 2.24) is 20.2 Å². The molecule has 0 unspecified atom stereocenters. The first kappa shape index (κ1) is 16.1. The van der Waals surface area contributed by atoms with Gasteiger partial charge in [-0.05, 0) is 29.5 Å². The number of ether oxygens (including phenoxy) is 2. The van der Waals surface area contributed by atoms with E-state index in [-0.39, 0.29) is 31.4 Å². The fourth-order valence-corrected chi connectivity index (χ4v) is 2.68. The number of non-ortho nitro benzene ring substituents is 1. The molecule has 1 aromatic heterocycles. The first-order valence-electron chi connectivity index (χ1n) is 7.64. The van der Waals surface area contributed by atoms with E-state index in [4.69, 9.17) is 9.47 Å². The van der Waals surface area contributed by atoms with E-state index in [0.717, 1.165) is 0 Å². The maximum Gasteiger partial charge on any atom is 0.270 e. The first-order valence-corrected chi connectivity index (χ1v) is 7.64. The van der Waals surface area contributed by atoms with Crippen LogP contribution >= 0.6 is 0 Å². The van der Waals surface area contributed by atoms with Gasteiger partial charge in [-0.1, -0.05) is 0 Å². The van der Waals surface area contributed by atoms with Gasteiger partial charge in [0.1, 0.15) is 11.6 Å². The summed E-state index contributed by atoms with van der Waals surface area (Å²) >= 11 is 0. The number of hydrogen-bond acceptors (Lipinski definition) is 7. The third-order valence-corrected chi connectivity index (χ3v) is 3.85. The zero-order valence-corrected chi connectivity index (χ0v) is 13.3. The second kappa shape index (κ2) is 6.48. The van der Waals surface area contributed by atoms with Gasteiger partial charge in [0.2, 0.25) is 5.82 Å². The Bertz CT molecular complexity index is 973. The molecular formula is C16H12FN5O4. The number of fused-ring (bicyclic) bond motifs is 1. The quantitative estimate of drug-likeness (QED) is 0.521. The number of benzene rings is 2. The zero-order chi connectivity index (χ0) is 18.1. The van der Waals surface area contributed by atoms with Crippen molar-refractivity contribution < 1.29 is 18.8 Å². The number of nitro benzene ring substituents is 1. The van der Waals surface area contributed by atoms with Crippen LogP contribution in [0.4, 0.5) is 10.1 Å². The maximum atomic E-state index is 13.0. The van der Waals surface area contributed by atoms with Gasteiger partial charge >= 0.3 is 0 Å². The molecule has 0 saturated carbocycles. The topological polar surface area (TPSA) is 105 Å². The smallest absolute Gasteiger partial charge is 0.270 e. The van der Waals surface area contributed by atoms with Crippen LogP contribution in [-0.4, -0.2) is 31.9 Å². The standard InChI is InChI=1S/C16H12FN5O4/c17-13-3-1-10(2-4-13)16-18-20-21(19-16)7-11-5-14(22(23)24)6-12-8-25-9-26-15(11)12/h1-6H,7-9H2. The fourth-order valence-electron chi connectivity index (χ4n) is 2.68. The number of nitro groups is 1. The van der Waals surface area contributed by atoms with E-state index in [1.54, 1.807) is 12.1 Å². The molecule has 4 rings (SSSR count). The van der Waals surface area contributed by atoms with Gasteiger partial charge in [0.05, 0.1) is 18.1 Å². The molecule has 0 amide bonds. The Labute approximate surface area is 146 Å². The molecule has 0 N–H and O–H groups in total. The Morgan fingerprint density at radius 3 is 2.85 bits per heavy atom. The number of halogens is 1.